The maximum Gasteiger partial charge on any atom is 0.327 e. The molecule has 0 radical (unpaired) electrons. The summed E-state index contributed by atoms with van der Waals surface area (Å²) in [4.78, 5) is 15.9. The zero-order valence-electron chi connectivity index (χ0n) is 22.1. The second kappa shape index (κ2) is 18.4. The average molecular weight is 520 g/mol. The van der Waals surface area contributed by atoms with Crippen LogP contribution in [-0.4, -0.2) is 42.1 Å². The lowest BCUT2D eigenvalue weighted by atomic mass is 10.0. The molecule has 1 aromatic carbocycles. The number of allylic oxidation sites excluding steroid dienone is 2. The molecule has 0 bridgehead atoms. The first-order valence-corrected chi connectivity index (χ1v) is 11.6. The van der Waals surface area contributed by atoms with Crippen molar-refractivity contribution in [2.75, 3.05) is 20.0 Å². The first kappa shape index (κ1) is 33.2. The van der Waals surface area contributed by atoms with Crippen LogP contribution in [-0.2, 0) is 9.53 Å². The number of carbonyl (C=O) groups excluding carboxylic acids is 1. The van der Waals surface area contributed by atoms with Crippen LogP contribution < -0.4 is 23.2 Å². The number of nitrogens with zero attached hydrogens (tertiary/aromatic N) is 3. The standard InChI is InChI=1S/C23H30FN7O2.C2H6.CH3F/c1-3-4-5-6-18(11-12-24)31(28)22(30-27)19-13-17(14-29-21(19)26)15-7-9-16(10-8-15)20(25)23(32)33-2;2*1-2/h3-4,7-14,18,20H,5-6,25,27-28H2,1-2H3,(H2,26,29);1-2H3;1H3/b4-3-,12-11+,30-22-;;. The maximum absolute atomic E-state index is 13.0. The number of nitrogens with two attached hydrogens (primary N) is 4. The number of alkyl halides is 1. The number of aromatic nitrogens is 1. The van der Waals surface area contributed by atoms with Crippen molar-refractivity contribution >= 4 is 17.6 Å². The van der Waals surface area contributed by atoms with Gasteiger partial charge in [-0.15, -0.1) is 0 Å². The van der Waals surface area contributed by atoms with Crippen molar-refractivity contribution in [3.05, 3.63) is 72.2 Å². The Morgan fingerprint density at radius 2 is 1.84 bits per heavy atom. The van der Waals surface area contributed by atoms with E-state index in [0.29, 0.717) is 43.0 Å². The van der Waals surface area contributed by atoms with Crippen molar-refractivity contribution in [3.63, 3.8) is 0 Å². The number of pyridine rings is 1. The van der Waals surface area contributed by atoms with Crippen molar-refractivity contribution in [1.29, 1.82) is 0 Å². The Labute approximate surface area is 217 Å². The van der Waals surface area contributed by atoms with Crippen molar-refractivity contribution in [3.8, 4) is 11.1 Å². The summed E-state index contributed by atoms with van der Waals surface area (Å²) < 4.78 is 27.2. The minimum atomic E-state index is -0.881. The van der Waals surface area contributed by atoms with Crippen LogP contribution in [0.25, 0.3) is 11.1 Å². The highest BCUT2D eigenvalue weighted by Gasteiger charge is 2.22. The summed E-state index contributed by atoms with van der Waals surface area (Å²) in [5, 5.41) is 5.08. The molecule has 0 spiro atoms. The van der Waals surface area contributed by atoms with Crippen molar-refractivity contribution in [2.45, 2.75) is 45.7 Å². The third-order valence-corrected chi connectivity index (χ3v) is 5.10. The van der Waals surface area contributed by atoms with Crippen LogP contribution in [0.3, 0.4) is 0 Å². The third-order valence-electron chi connectivity index (χ3n) is 5.10. The number of hydrazine groups is 1. The minimum absolute atomic E-state index is 0.162. The fourth-order valence-corrected chi connectivity index (χ4v) is 3.24. The minimum Gasteiger partial charge on any atom is -0.468 e. The van der Waals surface area contributed by atoms with Gasteiger partial charge in [0.15, 0.2) is 5.84 Å². The quantitative estimate of drug-likeness (QED) is 0.0961. The van der Waals surface area contributed by atoms with Crippen LogP contribution in [0.15, 0.2) is 66.2 Å². The van der Waals surface area contributed by atoms with Gasteiger partial charge in [-0.2, -0.15) is 5.10 Å². The largest absolute Gasteiger partial charge is 0.468 e. The fourth-order valence-electron chi connectivity index (χ4n) is 3.24. The second-order valence-corrected chi connectivity index (χ2v) is 7.17. The van der Waals surface area contributed by atoms with E-state index >= 15 is 0 Å². The molecule has 1 aromatic heterocycles. The van der Waals surface area contributed by atoms with Crippen molar-refractivity contribution in [2.24, 2.45) is 22.5 Å². The third kappa shape index (κ3) is 9.62. The Hall–Kier alpha value is -3.83. The number of hydrogen-bond acceptors (Lipinski definition) is 8. The zero-order chi connectivity index (χ0) is 28.4. The number of carbonyl (C=O) groups is 1. The number of amidine groups is 1. The van der Waals surface area contributed by atoms with Crippen LogP contribution in [0.5, 0.6) is 0 Å². The molecule has 0 saturated heterocycles. The smallest absolute Gasteiger partial charge is 0.327 e. The van der Waals surface area contributed by atoms with Gasteiger partial charge in [0.05, 0.1) is 32.2 Å². The van der Waals surface area contributed by atoms with Gasteiger partial charge in [-0.05, 0) is 43.0 Å². The number of ether oxygens (including phenoxy) is 1. The van der Waals surface area contributed by atoms with E-state index in [1.165, 1.54) is 18.2 Å². The summed E-state index contributed by atoms with van der Waals surface area (Å²) in [5.41, 5.74) is 14.5. The number of esters is 1. The Bertz CT molecular complexity index is 1030. The summed E-state index contributed by atoms with van der Waals surface area (Å²) in [6.07, 6.45) is 8.44. The molecule has 9 nitrogen and oxygen atoms in total. The summed E-state index contributed by atoms with van der Waals surface area (Å²) in [7, 11) is 1.78. The van der Waals surface area contributed by atoms with Gasteiger partial charge in [0, 0.05) is 11.8 Å². The molecule has 2 unspecified atom stereocenters. The SMILES string of the molecule is C/C=C\CCC(/C=C/F)N(N)/C(=N\N)c1cc(-c2ccc(C(N)C(=O)OC)cc2)cnc1N.CC.CF. The van der Waals surface area contributed by atoms with Gasteiger partial charge in [-0.3, -0.25) is 14.2 Å². The first-order valence-electron chi connectivity index (χ1n) is 11.6. The molecule has 37 heavy (non-hydrogen) atoms. The van der Waals surface area contributed by atoms with Gasteiger partial charge in [-0.25, -0.2) is 15.2 Å². The Morgan fingerprint density at radius 1 is 1.22 bits per heavy atom. The number of hydrazone groups is 1. The highest BCUT2D eigenvalue weighted by molar-refractivity contribution is 6.03. The molecule has 0 aliphatic heterocycles. The van der Waals surface area contributed by atoms with E-state index in [0.717, 1.165) is 5.56 Å². The number of anilines is 1. The summed E-state index contributed by atoms with van der Waals surface area (Å²) in [5.74, 6) is 11.7. The fraction of sp³-hybridized carbons (Fsp3) is 0.346. The lowest BCUT2D eigenvalue weighted by Gasteiger charge is -2.27. The van der Waals surface area contributed by atoms with E-state index in [1.54, 1.807) is 36.5 Å². The summed E-state index contributed by atoms with van der Waals surface area (Å²) in [6, 6.07) is 7.39. The van der Waals surface area contributed by atoms with Crippen LogP contribution in [0, 0.1) is 0 Å². The van der Waals surface area contributed by atoms with E-state index in [1.807, 2.05) is 32.9 Å². The molecule has 11 heteroatoms. The Kier molecular flexibility index (Phi) is 16.5. The molecular formula is C26H39F2N7O2. The molecule has 2 rings (SSSR count). The van der Waals surface area contributed by atoms with E-state index in [9.17, 15) is 13.6 Å². The Morgan fingerprint density at radius 3 is 2.35 bits per heavy atom. The van der Waals surface area contributed by atoms with Gasteiger partial charge >= 0.3 is 5.97 Å². The number of benzene rings is 1. The monoisotopic (exact) mass is 519 g/mol. The van der Waals surface area contributed by atoms with Gasteiger partial charge in [0.2, 0.25) is 0 Å². The zero-order valence-corrected chi connectivity index (χ0v) is 22.1. The molecule has 204 valence electrons. The molecule has 0 saturated carbocycles. The first-order chi connectivity index (χ1) is 17.9. The Balaban J connectivity index is 0.00000308. The van der Waals surface area contributed by atoms with Crippen LogP contribution >= 0.6 is 0 Å². The molecule has 0 aliphatic carbocycles. The predicted octanol–water partition coefficient (Wildman–Crippen LogP) is 4.12. The van der Waals surface area contributed by atoms with Gasteiger partial charge in [0.25, 0.3) is 0 Å². The maximum atomic E-state index is 13.0. The number of rotatable bonds is 9. The van der Waals surface area contributed by atoms with Crippen LogP contribution in [0.4, 0.5) is 14.6 Å². The molecular weight excluding hydrogens is 480 g/mol. The average Bonchev–Trinajstić information content (AvgIpc) is 2.95. The van der Waals surface area contributed by atoms with E-state index in [-0.39, 0.29) is 11.7 Å². The van der Waals surface area contributed by atoms with Gasteiger partial charge in [-0.1, -0.05) is 50.3 Å². The lowest BCUT2D eigenvalue weighted by molar-refractivity contribution is -0.142. The van der Waals surface area contributed by atoms with Crippen molar-refractivity contribution in [1.82, 2.24) is 9.99 Å². The number of methoxy groups -OCH3 is 1. The van der Waals surface area contributed by atoms with Gasteiger partial charge < -0.3 is 22.0 Å². The molecule has 0 amide bonds. The number of halogens is 2. The number of hydrogen-bond donors (Lipinski definition) is 4. The molecule has 1 heterocycles. The lowest BCUT2D eigenvalue weighted by Crippen LogP contribution is -2.46. The highest BCUT2D eigenvalue weighted by atomic mass is 19.1. The molecule has 8 N–H and O–H groups in total. The summed E-state index contributed by atoms with van der Waals surface area (Å²) >= 11 is 0. The topological polar surface area (TPSA) is 159 Å². The summed E-state index contributed by atoms with van der Waals surface area (Å²) in [6.45, 7) is 5.90. The van der Waals surface area contributed by atoms with Gasteiger partial charge in [0.1, 0.15) is 11.9 Å². The highest BCUT2D eigenvalue weighted by Crippen LogP contribution is 2.25. The van der Waals surface area contributed by atoms with E-state index in [2.05, 4.69) is 14.8 Å². The second-order valence-electron chi connectivity index (χ2n) is 7.17. The number of nitrogen functional groups attached to an aromatic ring is 1. The van der Waals surface area contributed by atoms with Crippen LogP contribution in [0.2, 0.25) is 0 Å². The normalized spacial score (nSPS) is 12.7. The molecule has 0 aliphatic rings. The molecule has 0 fully saturated rings. The molecule has 2 atom stereocenters. The van der Waals surface area contributed by atoms with E-state index in [4.69, 9.17) is 23.2 Å². The van der Waals surface area contributed by atoms with Crippen molar-refractivity contribution < 1.29 is 18.3 Å². The van der Waals surface area contributed by atoms with E-state index < -0.39 is 18.1 Å². The molecule has 2 aromatic rings. The predicted molar refractivity (Wildman–Crippen MR) is 146 cm³/mol. The van der Waals surface area contributed by atoms with Crippen LogP contribution in [0.1, 0.15) is 50.8 Å².